The van der Waals surface area contributed by atoms with Crippen LogP contribution in [0.15, 0.2) is 18.2 Å². The van der Waals surface area contributed by atoms with Crippen molar-refractivity contribution in [1.82, 2.24) is 9.62 Å². The Morgan fingerprint density at radius 2 is 1.81 bits per heavy atom. The number of nitrogens with one attached hydrogen (secondary N) is 1. The third-order valence-corrected chi connectivity index (χ3v) is 4.68. The zero-order chi connectivity index (χ0) is 15.6. The van der Waals surface area contributed by atoms with Gasteiger partial charge in [-0.15, -0.1) is 0 Å². The van der Waals surface area contributed by atoms with Crippen molar-refractivity contribution in [3.8, 4) is 0 Å². The van der Waals surface area contributed by atoms with Crippen LogP contribution in [0.1, 0.15) is 34.3 Å². The number of likely N-dealkylation sites (tertiary alicyclic amines) is 1. The fourth-order valence-corrected chi connectivity index (χ4v) is 3.40. The highest BCUT2D eigenvalue weighted by atomic mass is 32.2. The fraction of sp³-hybridized carbons (Fsp3) is 0.533. The van der Waals surface area contributed by atoms with Crippen LogP contribution in [-0.2, 0) is 10.0 Å². The maximum absolute atomic E-state index is 12.4. The van der Waals surface area contributed by atoms with Crippen LogP contribution in [0.5, 0.6) is 0 Å². The van der Waals surface area contributed by atoms with Gasteiger partial charge in [-0.2, -0.15) is 0 Å². The minimum atomic E-state index is -3.18. The van der Waals surface area contributed by atoms with E-state index in [0.29, 0.717) is 31.5 Å². The van der Waals surface area contributed by atoms with E-state index in [-0.39, 0.29) is 11.9 Å². The number of benzene rings is 1. The van der Waals surface area contributed by atoms with Gasteiger partial charge in [0.1, 0.15) is 0 Å². The Bertz CT molecular complexity index is 632. The molecule has 0 saturated carbocycles. The molecular weight excluding hydrogens is 288 g/mol. The van der Waals surface area contributed by atoms with Crippen LogP contribution in [0.4, 0.5) is 0 Å². The molecule has 0 aliphatic carbocycles. The molecule has 0 spiro atoms. The second kappa shape index (κ2) is 6.15. The lowest BCUT2D eigenvalue weighted by Crippen LogP contribution is -2.46. The third kappa shape index (κ3) is 4.28. The first-order valence-electron chi connectivity index (χ1n) is 7.10. The van der Waals surface area contributed by atoms with Crippen molar-refractivity contribution in [3.05, 3.63) is 34.9 Å². The van der Waals surface area contributed by atoms with Gasteiger partial charge in [0.05, 0.1) is 6.26 Å². The largest absolute Gasteiger partial charge is 0.339 e. The Labute approximate surface area is 126 Å². The summed E-state index contributed by atoms with van der Waals surface area (Å²) in [7, 11) is -3.18. The van der Waals surface area contributed by atoms with Gasteiger partial charge in [-0.1, -0.05) is 6.07 Å². The van der Waals surface area contributed by atoms with E-state index in [4.69, 9.17) is 0 Å². The number of sulfonamides is 1. The summed E-state index contributed by atoms with van der Waals surface area (Å²) in [6.07, 6.45) is 2.48. The van der Waals surface area contributed by atoms with Gasteiger partial charge in [-0.25, -0.2) is 13.1 Å². The first-order chi connectivity index (χ1) is 9.76. The quantitative estimate of drug-likeness (QED) is 0.919. The summed E-state index contributed by atoms with van der Waals surface area (Å²) in [6, 6.07) is 5.66. The molecule has 116 valence electrons. The standard InChI is InChI=1S/C15H22N2O3S/c1-11-4-5-13(10-12(11)2)15(18)17-8-6-14(7-9-17)16-21(3,19)20/h4-5,10,14,16H,6-9H2,1-3H3. The summed E-state index contributed by atoms with van der Waals surface area (Å²) in [6.45, 7) is 5.18. The first-order valence-corrected chi connectivity index (χ1v) is 8.99. The summed E-state index contributed by atoms with van der Waals surface area (Å²) >= 11 is 0. The Morgan fingerprint density at radius 1 is 1.19 bits per heavy atom. The fourth-order valence-electron chi connectivity index (χ4n) is 2.56. The van der Waals surface area contributed by atoms with Gasteiger partial charge >= 0.3 is 0 Å². The molecule has 1 fully saturated rings. The highest BCUT2D eigenvalue weighted by Crippen LogP contribution is 2.16. The van der Waals surface area contributed by atoms with E-state index in [2.05, 4.69) is 4.72 Å². The Morgan fingerprint density at radius 3 is 2.33 bits per heavy atom. The summed E-state index contributed by atoms with van der Waals surface area (Å²) in [5.41, 5.74) is 2.98. The van der Waals surface area contributed by atoms with Gasteiger partial charge in [0.25, 0.3) is 5.91 Å². The number of hydrogen-bond donors (Lipinski definition) is 1. The third-order valence-electron chi connectivity index (χ3n) is 3.92. The molecule has 1 aliphatic rings. The van der Waals surface area contributed by atoms with Crippen molar-refractivity contribution in [3.63, 3.8) is 0 Å². The minimum absolute atomic E-state index is 0.0240. The number of nitrogens with zero attached hydrogens (tertiary/aromatic N) is 1. The van der Waals surface area contributed by atoms with E-state index in [1.807, 2.05) is 32.0 Å². The van der Waals surface area contributed by atoms with Crippen molar-refractivity contribution in [2.24, 2.45) is 0 Å². The highest BCUT2D eigenvalue weighted by Gasteiger charge is 2.25. The van der Waals surface area contributed by atoms with Crippen molar-refractivity contribution in [2.45, 2.75) is 32.7 Å². The Hall–Kier alpha value is -1.40. The van der Waals surface area contributed by atoms with E-state index >= 15 is 0 Å². The number of carbonyl (C=O) groups excluding carboxylic acids is 1. The molecule has 0 radical (unpaired) electrons. The first kappa shape index (κ1) is 16.0. The van der Waals surface area contributed by atoms with Crippen LogP contribution in [0.3, 0.4) is 0 Å². The number of piperidine rings is 1. The lowest BCUT2D eigenvalue weighted by Gasteiger charge is -2.32. The minimum Gasteiger partial charge on any atom is -0.339 e. The van der Waals surface area contributed by atoms with Crippen LogP contribution in [0.25, 0.3) is 0 Å². The van der Waals surface area contributed by atoms with Crippen LogP contribution in [0.2, 0.25) is 0 Å². The van der Waals surface area contributed by atoms with Gasteiger partial charge in [-0.3, -0.25) is 4.79 Å². The topological polar surface area (TPSA) is 66.5 Å². The van der Waals surface area contributed by atoms with Crippen molar-refractivity contribution in [1.29, 1.82) is 0 Å². The second-order valence-electron chi connectivity index (χ2n) is 5.76. The summed E-state index contributed by atoms with van der Waals surface area (Å²) in [4.78, 5) is 14.2. The lowest BCUT2D eigenvalue weighted by atomic mass is 10.0. The van der Waals surface area contributed by atoms with Gasteiger partial charge in [0.15, 0.2) is 0 Å². The normalized spacial score (nSPS) is 17.0. The summed E-state index contributed by atoms with van der Waals surface area (Å²) in [5.74, 6) is 0.0240. The molecule has 5 nitrogen and oxygen atoms in total. The van der Waals surface area contributed by atoms with Crippen LogP contribution < -0.4 is 4.72 Å². The molecule has 1 heterocycles. The number of carbonyl (C=O) groups is 1. The SMILES string of the molecule is Cc1ccc(C(=O)N2CCC(NS(C)(=O)=O)CC2)cc1C. The molecule has 1 amide bonds. The number of aryl methyl sites for hydroxylation is 2. The summed E-state index contributed by atoms with van der Waals surface area (Å²) < 4.78 is 25.0. The van der Waals surface area contributed by atoms with Gasteiger partial charge in [0, 0.05) is 24.7 Å². The zero-order valence-electron chi connectivity index (χ0n) is 12.7. The number of amides is 1. The number of rotatable bonds is 3. The Kier molecular flexibility index (Phi) is 4.68. The van der Waals surface area contributed by atoms with Crippen LogP contribution >= 0.6 is 0 Å². The zero-order valence-corrected chi connectivity index (χ0v) is 13.5. The van der Waals surface area contributed by atoms with Gasteiger partial charge in [-0.05, 0) is 49.9 Å². The molecule has 0 atom stereocenters. The Balaban J connectivity index is 1.98. The predicted molar refractivity (Wildman–Crippen MR) is 82.8 cm³/mol. The molecule has 0 bridgehead atoms. The maximum Gasteiger partial charge on any atom is 0.253 e. The average Bonchev–Trinajstić information content (AvgIpc) is 2.40. The molecule has 1 N–H and O–H groups in total. The highest BCUT2D eigenvalue weighted by molar-refractivity contribution is 7.88. The molecule has 6 heteroatoms. The molecule has 0 aromatic heterocycles. The van der Waals surface area contributed by atoms with Gasteiger partial charge in [0.2, 0.25) is 10.0 Å². The molecule has 1 aliphatic heterocycles. The van der Waals surface area contributed by atoms with E-state index in [1.54, 1.807) is 4.90 Å². The predicted octanol–water partition coefficient (Wildman–Crippen LogP) is 1.46. The van der Waals surface area contributed by atoms with Crippen molar-refractivity contribution < 1.29 is 13.2 Å². The smallest absolute Gasteiger partial charge is 0.253 e. The molecule has 0 unspecified atom stereocenters. The van der Waals surface area contributed by atoms with Crippen molar-refractivity contribution in [2.75, 3.05) is 19.3 Å². The average molecular weight is 310 g/mol. The lowest BCUT2D eigenvalue weighted by molar-refractivity contribution is 0.0711. The van der Waals surface area contributed by atoms with Crippen molar-refractivity contribution >= 4 is 15.9 Å². The van der Waals surface area contributed by atoms with E-state index in [0.717, 1.165) is 5.56 Å². The second-order valence-corrected chi connectivity index (χ2v) is 7.54. The van der Waals surface area contributed by atoms with E-state index in [9.17, 15) is 13.2 Å². The van der Waals surface area contributed by atoms with Gasteiger partial charge < -0.3 is 4.90 Å². The number of hydrogen-bond acceptors (Lipinski definition) is 3. The molecule has 1 saturated heterocycles. The molecule has 1 aromatic rings. The molecular formula is C15H22N2O3S. The van der Waals surface area contributed by atoms with E-state index < -0.39 is 10.0 Å². The molecule has 1 aromatic carbocycles. The summed E-state index contributed by atoms with van der Waals surface area (Å²) in [5, 5.41) is 0. The van der Waals surface area contributed by atoms with Crippen LogP contribution in [0, 0.1) is 13.8 Å². The molecule has 21 heavy (non-hydrogen) atoms. The van der Waals surface area contributed by atoms with E-state index in [1.165, 1.54) is 11.8 Å². The maximum atomic E-state index is 12.4. The van der Waals surface area contributed by atoms with Crippen LogP contribution in [-0.4, -0.2) is 44.6 Å². The molecule has 2 rings (SSSR count). The monoisotopic (exact) mass is 310 g/mol.